The summed E-state index contributed by atoms with van der Waals surface area (Å²) < 4.78 is 23.6. The maximum Gasteiger partial charge on any atom is 0.359 e. The van der Waals surface area contributed by atoms with Crippen molar-refractivity contribution in [2.45, 2.75) is 26.8 Å². The second-order valence-electron chi connectivity index (χ2n) is 5.92. The molecule has 2 aromatic rings. The molecular formula is C20H23NO6. The number of aromatic nitrogens is 1. The molecule has 1 aromatic heterocycles. The van der Waals surface area contributed by atoms with Crippen LogP contribution in [0.1, 0.15) is 46.8 Å². The molecule has 0 saturated carbocycles. The van der Waals surface area contributed by atoms with Crippen LogP contribution in [0.2, 0.25) is 0 Å². The summed E-state index contributed by atoms with van der Waals surface area (Å²) in [6.07, 6.45) is 0.651. The molecule has 0 saturated heterocycles. The molecule has 0 bridgehead atoms. The van der Waals surface area contributed by atoms with Gasteiger partial charge in [0, 0.05) is 13.0 Å². The quantitative estimate of drug-likeness (QED) is 0.725. The van der Waals surface area contributed by atoms with E-state index in [0.717, 1.165) is 5.56 Å². The van der Waals surface area contributed by atoms with E-state index in [2.05, 4.69) is 0 Å². The van der Waals surface area contributed by atoms with Crippen molar-refractivity contribution in [1.82, 2.24) is 4.57 Å². The molecule has 7 nitrogen and oxygen atoms in total. The van der Waals surface area contributed by atoms with Crippen LogP contribution in [0.15, 0.2) is 30.3 Å². The first-order chi connectivity index (χ1) is 13.2. The van der Waals surface area contributed by atoms with E-state index < -0.39 is 11.9 Å². The fraction of sp³-hybridized carbons (Fsp3) is 0.400. The van der Waals surface area contributed by atoms with Gasteiger partial charge < -0.3 is 23.5 Å². The summed E-state index contributed by atoms with van der Waals surface area (Å²) in [5.41, 5.74) is 1.25. The van der Waals surface area contributed by atoms with Gasteiger partial charge in [0.15, 0.2) is 22.9 Å². The number of benzene rings is 1. The molecule has 3 rings (SSSR count). The Morgan fingerprint density at radius 3 is 1.93 bits per heavy atom. The predicted molar refractivity (Wildman–Crippen MR) is 97.5 cm³/mol. The first-order valence-corrected chi connectivity index (χ1v) is 9.07. The lowest BCUT2D eigenvalue weighted by atomic mass is 10.2. The van der Waals surface area contributed by atoms with Crippen LogP contribution in [-0.2, 0) is 16.0 Å². The summed E-state index contributed by atoms with van der Waals surface area (Å²) in [4.78, 5) is 25.4. The molecule has 0 N–H and O–H groups in total. The van der Waals surface area contributed by atoms with Crippen LogP contribution in [0.25, 0.3) is 0 Å². The maximum absolute atomic E-state index is 12.7. The van der Waals surface area contributed by atoms with Crippen LogP contribution < -0.4 is 9.47 Å². The molecule has 0 spiro atoms. The van der Waals surface area contributed by atoms with Gasteiger partial charge in [0.25, 0.3) is 0 Å². The number of ether oxygens (including phenoxy) is 4. The van der Waals surface area contributed by atoms with Crippen molar-refractivity contribution in [3.8, 4) is 11.5 Å². The van der Waals surface area contributed by atoms with Crippen molar-refractivity contribution in [2.75, 3.05) is 26.4 Å². The van der Waals surface area contributed by atoms with Gasteiger partial charge in [0.2, 0.25) is 0 Å². The monoisotopic (exact) mass is 373 g/mol. The van der Waals surface area contributed by atoms with Crippen molar-refractivity contribution in [1.29, 1.82) is 0 Å². The van der Waals surface area contributed by atoms with Crippen molar-refractivity contribution in [3.63, 3.8) is 0 Å². The summed E-state index contributed by atoms with van der Waals surface area (Å²) in [7, 11) is 0. The highest BCUT2D eigenvalue weighted by Gasteiger charge is 2.35. The van der Waals surface area contributed by atoms with E-state index in [1.165, 1.54) is 0 Å². The molecule has 1 aliphatic heterocycles. The predicted octanol–water partition coefficient (Wildman–Crippen LogP) is 3.05. The van der Waals surface area contributed by atoms with Crippen LogP contribution in [0, 0.1) is 0 Å². The van der Waals surface area contributed by atoms with Gasteiger partial charge in [-0.05, 0) is 19.4 Å². The minimum Gasteiger partial charge on any atom is -0.487 e. The highest BCUT2D eigenvalue weighted by Crippen LogP contribution is 2.41. The average molecular weight is 373 g/mol. The summed E-state index contributed by atoms with van der Waals surface area (Å²) in [6.45, 7) is 4.92. The van der Waals surface area contributed by atoms with Crippen molar-refractivity contribution in [2.24, 2.45) is 0 Å². The summed E-state index contributed by atoms with van der Waals surface area (Å²) in [6, 6.07) is 9.52. The summed E-state index contributed by atoms with van der Waals surface area (Å²) in [5.74, 6) is -0.647. The number of esters is 2. The van der Waals surface area contributed by atoms with Crippen molar-refractivity contribution < 1.29 is 28.5 Å². The van der Waals surface area contributed by atoms with Crippen LogP contribution in [0.4, 0.5) is 0 Å². The molecule has 27 heavy (non-hydrogen) atoms. The Labute approximate surface area is 157 Å². The Balaban J connectivity index is 2.19. The van der Waals surface area contributed by atoms with Crippen LogP contribution in [-0.4, -0.2) is 42.9 Å². The van der Waals surface area contributed by atoms with E-state index in [0.29, 0.717) is 19.6 Å². The zero-order chi connectivity index (χ0) is 19.2. The Hall–Kier alpha value is -2.96. The normalized spacial score (nSPS) is 13.0. The van der Waals surface area contributed by atoms with E-state index in [1.54, 1.807) is 18.4 Å². The number of carbonyl (C=O) groups excluding carboxylic acids is 2. The standard InChI is InChI=1S/C20H23NO6/c1-3-24-19(22)15-17-18(27-12-8-11-26-17)16(20(23)25-4-2)21(15)13-14-9-6-5-7-10-14/h5-7,9-10H,3-4,8,11-13H2,1-2H3. The van der Waals surface area contributed by atoms with Gasteiger partial charge in [-0.25, -0.2) is 9.59 Å². The second-order valence-corrected chi connectivity index (χ2v) is 5.92. The van der Waals surface area contributed by atoms with Gasteiger partial charge in [0.05, 0.1) is 26.4 Å². The van der Waals surface area contributed by atoms with E-state index >= 15 is 0 Å². The average Bonchev–Trinajstić information content (AvgIpc) is 2.79. The molecule has 144 valence electrons. The van der Waals surface area contributed by atoms with Gasteiger partial charge in [-0.3, -0.25) is 0 Å². The smallest absolute Gasteiger partial charge is 0.359 e. The largest absolute Gasteiger partial charge is 0.487 e. The fourth-order valence-corrected chi connectivity index (χ4v) is 2.98. The van der Waals surface area contributed by atoms with E-state index in [-0.39, 0.29) is 42.6 Å². The fourth-order valence-electron chi connectivity index (χ4n) is 2.98. The molecule has 2 heterocycles. The molecule has 0 fully saturated rings. The molecule has 0 aliphatic carbocycles. The lowest BCUT2D eigenvalue weighted by Gasteiger charge is -2.13. The van der Waals surface area contributed by atoms with E-state index in [9.17, 15) is 9.59 Å². The zero-order valence-electron chi connectivity index (χ0n) is 15.5. The molecule has 0 atom stereocenters. The van der Waals surface area contributed by atoms with Gasteiger partial charge >= 0.3 is 11.9 Å². The molecule has 0 amide bonds. The third kappa shape index (κ3) is 3.92. The zero-order valence-corrected chi connectivity index (χ0v) is 15.5. The molecule has 7 heteroatoms. The Kier molecular flexibility index (Phi) is 6.01. The topological polar surface area (TPSA) is 76.0 Å². The second kappa shape index (κ2) is 8.62. The van der Waals surface area contributed by atoms with E-state index in [1.807, 2.05) is 30.3 Å². The highest BCUT2D eigenvalue weighted by atomic mass is 16.6. The molecule has 1 aliphatic rings. The number of rotatable bonds is 6. The number of nitrogens with zero attached hydrogens (tertiary/aromatic N) is 1. The Morgan fingerprint density at radius 1 is 0.926 bits per heavy atom. The Morgan fingerprint density at radius 2 is 1.44 bits per heavy atom. The number of fused-ring (bicyclic) bond motifs is 1. The first-order valence-electron chi connectivity index (χ1n) is 9.07. The molecule has 0 radical (unpaired) electrons. The van der Waals surface area contributed by atoms with Crippen LogP contribution in [0.5, 0.6) is 11.5 Å². The van der Waals surface area contributed by atoms with Crippen LogP contribution in [0.3, 0.4) is 0 Å². The summed E-state index contributed by atoms with van der Waals surface area (Å²) >= 11 is 0. The SMILES string of the molecule is CCOC(=O)c1c2c(c(C(=O)OCC)n1Cc1ccccc1)OCCCO2. The molecule has 1 aromatic carbocycles. The highest BCUT2D eigenvalue weighted by molar-refractivity contribution is 5.99. The minimum atomic E-state index is -0.564. The van der Waals surface area contributed by atoms with E-state index in [4.69, 9.17) is 18.9 Å². The summed E-state index contributed by atoms with van der Waals surface area (Å²) in [5, 5.41) is 0. The third-order valence-corrected chi connectivity index (χ3v) is 4.08. The van der Waals surface area contributed by atoms with Gasteiger partial charge in [-0.1, -0.05) is 30.3 Å². The maximum atomic E-state index is 12.7. The lowest BCUT2D eigenvalue weighted by Crippen LogP contribution is -2.20. The van der Waals surface area contributed by atoms with Gasteiger partial charge in [0.1, 0.15) is 0 Å². The first kappa shape index (κ1) is 18.8. The lowest BCUT2D eigenvalue weighted by molar-refractivity contribution is 0.0500. The molecule has 0 unspecified atom stereocenters. The van der Waals surface area contributed by atoms with Gasteiger partial charge in [-0.15, -0.1) is 0 Å². The number of hydrogen-bond acceptors (Lipinski definition) is 6. The van der Waals surface area contributed by atoms with Gasteiger partial charge in [-0.2, -0.15) is 0 Å². The van der Waals surface area contributed by atoms with Crippen molar-refractivity contribution >= 4 is 11.9 Å². The number of hydrogen-bond donors (Lipinski definition) is 0. The van der Waals surface area contributed by atoms with Crippen molar-refractivity contribution in [3.05, 3.63) is 47.3 Å². The Bertz CT molecular complexity index is 766. The third-order valence-electron chi connectivity index (χ3n) is 4.08. The number of carbonyl (C=O) groups is 2. The van der Waals surface area contributed by atoms with Crippen LogP contribution >= 0.6 is 0 Å². The molecular weight excluding hydrogens is 350 g/mol. The minimum absolute atomic E-state index is 0.167.